The van der Waals surface area contributed by atoms with Crippen molar-refractivity contribution in [3.8, 4) is 0 Å². The fourth-order valence-corrected chi connectivity index (χ4v) is 1.13. The Morgan fingerprint density at radius 3 is 2.31 bits per heavy atom. The minimum absolute atomic E-state index is 0.208. The molecule has 2 atom stereocenters. The van der Waals surface area contributed by atoms with Crippen LogP contribution >= 0.6 is 0 Å². The Hall–Kier alpha value is -0.290. The van der Waals surface area contributed by atoms with Gasteiger partial charge in [-0.1, -0.05) is 0 Å². The van der Waals surface area contributed by atoms with Crippen LogP contribution in [0.1, 0.15) is 6.42 Å². The zero-order valence-corrected chi connectivity index (χ0v) is 7.48. The van der Waals surface area contributed by atoms with Crippen molar-refractivity contribution in [2.75, 3.05) is 6.54 Å². The summed E-state index contributed by atoms with van der Waals surface area (Å²) >= 11 is 0. The van der Waals surface area contributed by atoms with Crippen LogP contribution in [0.5, 0.6) is 0 Å². The van der Waals surface area contributed by atoms with Crippen molar-refractivity contribution in [1.29, 1.82) is 0 Å². The van der Waals surface area contributed by atoms with E-state index in [9.17, 15) is 8.42 Å². The van der Waals surface area contributed by atoms with E-state index in [1.807, 2.05) is 0 Å². The zero-order valence-electron chi connectivity index (χ0n) is 6.66. The van der Waals surface area contributed by atoms with Gasteiger partial charge in [-0.15, -0.1) is 0 Å². The molecule has 0 rings (SSSR count). The Balaban J connectivity index is 4.05. The normalized spacial score (nSPS) is 16.9. The molecule has 80 valence electrons. The maximum absolute atomic E-state index is 10.2. The largest absolute Gasteiger partial charge is 0.397 e. The van der Waals surface area contributed by atoms with Gasteiger partial charge in [-0.2, -0.15) is 8.42 Å². The van der Waals surface area contributed by atoms with Crippen LogP contribution in [0.4, 0.5) is 0 Å². The molecule has 0 bridgehead atoms. The Bertz CT molecular complexity index is 229. The molecule has 0 saturated carbocycles. The van der Waals surface area contributed by atoms with E-state index in [2.05, 4.69) is 14.9 Å². The number of aliphatic hydroxyl groups is 1. The lowest BCUT2D eigenvalue weighted by Crippen LogP contribution is -2.32. The molecule has 0 spiro atoms. The number of nitrogens with two attached hydrogens (primary N) is 2. The lowest BCUT2D eigenvalue weighted by molar-refractivity contribution is -0.118. The second-order valence-corrected chi connectivity index (χ2v) is 3.26. The maximum atomic E-state index is 10.2. The molecule has 0 aromatic rings. The first kappa shape index (κ1) is 12.7. The molecular weight excluding hydrogens is 204 g/mol. The first-order valence-corrected chi connectivity index (χ1v) is 4.65. The smallest absolute Gasteiger partial charge is 0.366 e. The molecule has 0 amide bonds. The molecule has 0 aromatic heterocycles. The minimum Gasteiger partial charge on any atom is -0.366 e. The van der Waals surface area contributed by atoms with Gasteiger partial charge < -0.3 is 10.8 Å². The second-order valence-electron chi connectivity index (χ2n) is 2.21. The zero-order chi connectivity index (χ0) is 10.5. The van der Waals surface area contributed by atoms with Gasteiger partial charge in [0.1, 0.15) is 0 Å². The highest BCUT2D eigenvalue weighted by Gasteiger charge is 2.19. The molecule has 0 saturated heterocycles. The van der Waals surface area contributed by atoms with Gasteiger partial charge >= 0.3 is 10.4 Å². The Kier molecular flexibility index (Phi) is 5.32. The van der Waals surface area contributed by atoms with E-state index >= 15 is 0 Å². The average Bonchev–Trinajstić information content (AvgIpc) is 2.00. The monoisotopic (exact) mass is 216 g/mol. The van der Waals surface area contributed by atoms with E-state index in [1.54, 1.807) is 0 Å². The van der Waals surface area contributed by atoms with Crippen molar-refractivity contribution in [1.82, 2.24) is 0 Å². The molecule has 0 aliphatic rings. The van der Waals surface area contributed by atoms with Gasteiger partial charge in [-0.05, 0) is 0 Å². The van der Waals surface area contributed by atoms with Crippen LogP contribution in [0.25, 0.3) is 0 Å². The van der Waals surface area contributed by atoms with Gasteiger partial charge in [0, 0.05) is 13.0 Å². The molecule has 0 radical (unpaired) electrons. The lowest BCUT2D eigenvalue weighted by Gasteiger charge is -2.15. The molecule has 1 unspecified atom stereocenters. The topological polar surface area (TPSA) is 145 Å². The van der Waals surface area contributed by atoms with E-state index < -0.39 is 22.8 Å². The second kappa shape index (κ2) is 5.44. The van der Waals surface area contributed by atoms with E-state index in [1.165, 1.54) is 0 Å². The highest BCUT2D eigenvalue weighted by atomic mass is 32.3. The number of aliphatic hydroxyl groups excluding tert-OH is 1. The van der Waals surface area contributed by atoms with Crippen LogP contribution in [-0.2, 0) is 19.4 Å². The van der Waals surface area contributed by atoms with Crippen LogP contribution in [0, 0.1) is 0 Å². The highest BCUT2D eigenvalue weighted by molar-refractivity contribution is 7.80. The molecule has 9 heteroatoms. The average molecular weight is 216 g/mol. The summed E-state index contributed by atoms with van der Waals surface area (Å²) in [7, 11) is -4.58. The first-order valence-electron chi connectivity index (χ1n) is 3.28. The molecule has 0 fully saturated rings. The summed E-state index contributed by atoms with van der Waals surface area (Å²) < 4.78 is 32.7. The van der Waals surface area contributed by atoms with Crippen molar-refractivity contribution < 1.29 is 27.1 Å². The number of hydrogen-bond acceptors (Lipinski definition) is 7. The molecule has 0 heterocycles. The third-order valence-electron chi connectivity index (χ3n) is 1.14. The van der Waals surface area contributed by atoms with E-state index in [0.717, 1.165) is 0 Å². The summed E-state index contributed by atoms with van der Waals surface area (Å²) in [6.45, 7) is -0.208. The van der Waals surface area contributed by atoms with Crippen LogP contribution in [0.3, 0.4) is 0 Å². The third-order valence-corrected chi connectivity index (χ3v) is 1.66. The molecule has 8 nitrogen and oxygen atoms in total. The van der Waals surface area contributed by atoms with Crippen LogP contribution < -0.4 is 11.6 Å². The summed E-state index contributed by atoms with van der Waals surface area (Å²) in [6, 6.07) is 0. The van der Waals surface area contributed by atoms with E-state index in [0.29, 0.717) is 0 Å². The van der Waals surface area contributed by atoms with E-state index in [4.69, 9.17) is 15.4 Å². The van der Waals surface area contributed by atoms with Crippen molar-refractivity contribution >= 4 is 10.4 Å². The van der Waals surface area contributed by atoms with Crippen molar-refractivity contribution in [2.45, 2.75) is 18.8 Å². The van der Waals surface area contributed by atoms with Crippen LogP contribution in [0.15, 0.2) is 0 Å². The van der Waals surface area contributed by atoms with Gasteiger partial charge in [0.25, 0.3) is 0 Å². The van der Waals surface area contributed by atoms with Gasteiger partial charge in [0.15, 0.2) is 6.29 Å². The van der Waals surface area contributed by atoms with Crippen LogP contribution in [0.2, 0.25) is 0 Å². The Labute approximate surface area is 75.3 Å². The van der Waals surface area contributed by atoms with Gasteiger partial charge in [-0.3, -0.25) is 9.39 Å². The highest BCUT2D eigenvalue weighted by Crippen LogP contribution is 2.04. The summed E-state index contributed by atoms with van der Waals surface area (Å²) in [5.41, 5.74) is 5.07. The predicted molar refractivity (Wildman–Crippen MR) is 41.4 cm³/mol. The molecule has 6 N–H and O–H groups in total. The standard InChI is InChI=1S/C4H12N2O6S/c5-2-3(1-4(7)11-6)12-13(8,9)10/h3-4,7H,1-2,5-6H2,(H,8,9,10)/t3-,4?/m0/s1. The Morgan fingerprint density at radius 2 is 2.00 bits per heavy atom. The summed E-state index contributed by atoms with van der Waals surface area (Å²) in [6.07, 6.45) is -2.73. The van der Waals surface area contributed by atoms with Gasteiger partial charge in [-0.25, -0.2) is 10.1 Å². The van der Waals surface area contributed by atoms with Crippen molar-refractivity contribution in [3.05, 3.63) is 0 Å². The molecular formula is C4H12N2O6S. The molecule has 13 heavy (non-hydrogen) atoms. The molecule has 0 aromatic carbocycles. The summed E-state index contributed by atoms with van der Waals surface area (Å²) in [4.78, 5) is 3.94. The van der Waals surface area contributed by atoms with Crippen molar-refractivity contribution in [2.24, 2.45) is 11.6 Å². The Morgan fingerprint density at radius 1 is 1.46 bits per heavy atom. The lowest BCUT2D eigenvalue weighted by atomic mass is 10.2. The first-order chi connectivity index (χ1) is 5.89. The SMILES string of the molecule is NC[C@H](CC(O)ON)OS(=O)(=O)O. The van der Waals surface area contributed by atoms with Crippen molar-refractivity contribution in [3.63, 3.8) is 0 Å². The van der Waals surface area contributed by atoms with Gasteiger partial charge in [0.2, 0.25) is 0 Å². The fourth-order valence-electron chi connectivity index (χ4n) is 0.627. The van der Waals surface area contributed by atoms with Gasteiger partial charge in [0.05, 0.1) is 6.10 Å². The van der Waals surface area contributed by atoms with Crippen LogP contribution in [-0.4, -0.2) is 37.0 Å². The molecule has 0 aliphatic heterocycles. The maximum Gasteiger partial charge on any atom is 0.397 e. The predicted octanol–water partition coefficient (Wildman–Crippen LogP) is -2.27. The quantitative estimate of drug-likeness (QED) is 0.221. The number of rotatable bonds is 6. The van der Waals surface area contributed by atoms with E-state index in [-0.39, 0.29) is 13.0 Å². The third kappa shape index (κ3) is 6.83. The fraction of sp³-hybridized carbons (Fsp3) is 1.00. The number of hydrogen-bond donors (Lipinski definition) is 4. The summed E-state index contributed by atoms with van der Waals surface area (Å²) in [5.74, 6) is 4.58. The minimum atomic E-state index is -4.58. The molecule has 0 aliphatic carbocycles. The summed E-state index contributed by atoms with van der Waals surface area (Å²) in [5, 5.41) is 8.80.